The summed E-state index contributed by atoms with van der Waals surface area (Å²) in [6.45, 7) is 6.50. The molecule has 0 atom stereocenters. The van der Waals surface area contributed by atoms with Crippen LogP contribution in [0.4, 0.5) is 0 Å². The molecular formula is C29H29NO3. The molecule has 0 aliphatic heterocycles. The van der Waals surface area contributed by atoms with Crippen LogP contribution in [-0.4, -0.2) is 25.0 Å². The van der Waals surface area contributed by atoms with E-state index < -0.39 is 0 Å². The van der Waals surface area contributed by atoms with Crippen molar-refractivity contribution in [2.24, 2.45) is 0 Å². The first kappa shape index (κ1) is 22.5. The third-order valence-electron chi connectivity index (χ3n) is 5.96. The Labute approximate surface area is 195 Å². The number of carbonyl (C=O) groups is 1. The maximum atomic E-state index is 12.9. The van der Waals surface area contributed by atoms with Gasteiger partial charge >= 0.3 is 0 Å². The van der Waals surface area contributed by atoms with Crippen molar-refractivity contribution in [2.45, 2.75) is 32.6 Å². The van der Waals surface area contributed by atoms with Crippen molar-refractivity contribution < 1.29 is 14.3 Å². The van der Waals surface area contributed by atoms with Gasteiger partial charge in [0.15, 0.2) is 17.3 Å². The van der Waals surface area contributed by atoms with E-state index in [0.29, 0.717) is 22.6 Å². The second kappa shape index (κ2) is 9.07. The molecule has 0 unspecified atom stereocenters. The first-order valence-electron chi connectivity index (χ1n) is 11.0. The van der Waals surface area contributed by atoms with Gasteiger partial charge in [0.2, 0.25) is 0 Å². The minimum Gasteiger partial charge on any atom is -0.493 e. The molecule has 4 heteroatoms. The first-order valence-corrected chi connectivity index (χ1v) is 11.0. The lowest BCUT2D eigenvalue weighted by Crippen LogP contribution is -2.11. The van der Waals surface area contributed by atoms with Gasteiger partial charge in [-0.25, -0.2) is 0 Å². The molecule has 0 fully saturated rings. The number of hydrogen-bond donors (Lipinski definition) is 0. The zero-order chi connectivity index (χ0) is 23.6. The van der Waals surface area contributed by atoms with E-state index in [1.807, 2.05) is 72.9 Å². The molecule has 0 aliphatic rings. The van der Waals surface area contributed by atoms with Crippen molar-refractivity contribution in [1.29, 1.82) is 0 Å². The molecule has 3 aromatic carbocycles. The SMILES string of the molecule is COc1cc2nccc(Cc3ccc(C(=O)c4ccc(C(C)(C)C)cc4)cc3)c2cc1OC. The molecule has 0 bridgehead atoms. The van der Waals surface area contributed by atoms with E-state index in [4.69, 9.17) is 9.47 Å². The van der Waals surface area contributed by atoms with Gasteiger partial charge in [-0.15, -0.1) is 0 Å². The van der Waals surface area contributed by atoms with E-state index in [2.05, 4.69) is 25.8 Å². The lowest BCUT2D eigenvalue weighted by Gasteiger charge is -2.19. The number of ketones is 1. The van der Waals surface area contributed by atoms with Crippen LogP contribution >= 0.6 is 0 Å². The second-order valence-electron chi connectivity index (χ2n) is 9.22. The van der Waals surface area contributed by atoms with Crippen molar-refractivity contribution >= 4 is 16.7 Å². The van der Waals surface area contributed by atoms with Crippen LogP contribution < -0.4 is 9.47 Å². The van der Waals surface area contributed by atoms with Gasteiger partial charge in [0.05, 0.1) is 19.7 Å². The third kappa shape index (κ3) is 4.75. The summed E-state index contributed by atoms with van der Waals surface area (Å²) in [4.78, 5) is 17.4. The fraction of sp³-hybridized carbons (Fsp3) is 0.241. The highest BCUT2D eigenvalue weighted by atomic mass is 16.5. The standard InChI is InChI=1S/C29H29NO3/c1-29(2,3)23-12-10-21(11-13-23)28(31)20-8-6-19(7-9-20)16-22-14-15-30-25-18-27(33-5)26(32-4)17-24(22)25/h6-15,17-18H,16H2,1-5H3. The molecule has 0 aliphatic carbocycles. The van der Waals surface area contributed by atoms with Crippen LogP contribution in [0.1, 0.15) is 53.4 Å². The van der Waals surface area contributed by atoms with E-state index in [9.17, 15) is 4.79 Å². The molecule has 0 spiro atoms. The molecule has 4 nitrogen and oxygen atoms in total. The van der Waals surface area contributed by atoms with Gasteiger partial charge < -0.3 is 9.47 Å². The molecule has 1 aromatic heterocycles. The lowest BCUT2D eigenvalue weighted by atomic mass is 9.86. The number of methoxy groups -OCH3 is 2. The highest BCUT2D eigenvalue weighted by Gasteiger charge is 2.15. The molecule has 0 saturated heterocycles. The molecule has 33 heavy (non-hydrogen) atoms. The van der Waals surface area contributed by atoms with Crippen LogP contribution in [0.5, 0.6) is 11.5 Å². The van der Waals surface area contributed by atoms with Crippen molar-refractivity contribution in [3.8, 4) is 11.5 Å². The molecule has 0 radical (unpaired) electrons. The van der Waals surface area contributed by atoms with Gasteiger partial charge in [0.1, 0.15) is 0 Å². The highest BCUT2D eigenvalue weighted by Crippen LogP contribution is 2.33. The molecule has 0 amide bonds. The zero-order valence-corrected chi connectivity index (χ0v) is 19.8. The molecule has 0 N–H and O–H groups in total. The van der Waals surface area contributed by atoms with Gasteiger partial charge in [0.25, 0.3) is 0 Å². The molecule has 0 saturated carbocycles. The molecule has 4 rings (SSSR count). The predicted molar refractivity (Wildman–Crippen MR) is 133 cm³/mol. The summed E-state index contributed by atoms with van der Waals surface area (Å²) >= 11 is 0. The van der Waals surface area contributed by atoms with Crippen molar-refractivity contribution in [3.63, 3.8) is 0 Å². The average molecular weight is 440 g/mol. The van der Waals surface area contributed by atoms with Gasteiger partial charge in [-0.2, -0.15) is 0 Å². The maximum absolute atomic E-state index is 12.9. The van der Waals surface area contributed by atoms with E-state index in [-0.39, 0.29) is 11.2 Å². The Kier molecular flexibility index (Phi) is 6.19. The van der Waals surface area contributed by atoms with Gasteiger partial charge in [0, 0.05) is 28.8 Å². The summed E-state index contributed by atoms with van der Waals surface area (Å²) in [6, 6.07) is 21.6. The topological polar surface area (TPSA) is 48.4 Å². The number of hydrogen-bond acceptors (Lipinski definition) is 4. The molecular weight excluding hydrogens is 410 g/mol. The van der Waals surface area contributed by atoms with Crippen LogP contribution in [-0.2, 0) is 11.8 Å². The Hall–Kier alpha value is -3.66. The second-order valence-corrected chi connectivity index (χ2v) is 9.22. The first-order chi connectivity index (χ1) is 15.8. The van der Waals surface area contributed by atoms with Gasteiger partial charge in [-0.3, -0.25) is 9.78 Å². The average Bonchev–Trinajstić information content (AvgIpc) is 2.83. The Morgan fingerprint density at radius 2 is 1.39 bits per heavy atom. The number of rotatable bonds is 6. The highest BCUT2D eigenvalue weighted by molar-refractivity contribution is 6.09. The molecule has 4 aromatic rings. The lowest BCUT2D eigenvalue weighted by molar-refractivity contribution is 0.103. The van der Waals surface area contributed by atoms with Crippen LogP contribution in [0.25, 0.3) is 10.9 Å². The number of pyridine rings is 1. The summed E-state index contributed by atoms with van der Waals surface area (Å²) in [5.74, 6) is 1.37. The number of nitrogens with zero attached hydrogens (tertiary/aromatic N) is 1. The smallest absolute Gasteiger partial charge is 0.193 e. The summed E-state index contributed by atoms with van der Waals surface area (Å²) in [5.41, 5.74) is 5.79. The predicted octanol–water partition coefficient (Wildman–Crippen LogP) is 6.37. The van der Waals surface area contributed by atoms with E-state index in [1.54, 1.807) is 14.2 Å². The fourth-order valence-electron chi connectivity index (χ4n) is 3.97. The quantitative estimate of drug-likeness (QED) is 0.328. The van der Waals surface area contributed by atoms with Crippen LogP contribution in [0.3, 0.4) is 0 Å². The minimum absolute atomic E-state index is 0.0354. The largest absolute Gasteiger partial charge is 0.493 e. The number of fused-ring (bicyclic) bond motifs is 1. The Morgan fingerprint density at radius 3 is 1.97 bits per heavy atom. The Balaban J connectivity index is 1.57. The van der Waals surface area contributed by atoms with Crippen LogP contribution in [0, 0.1) is 0 Å². The van der Waals surface area contributed by atoms with Crippen molar-refractivity contribution in [2.75, 3.05) is 14.2 Å². The van der Waals surface area contributed by atoms with E-state index >= 15 is 0 Å². The Bertz CT molecular complexity index is 1280. The van der Waals surface area contributed by atoms with Gasteiger partial charge in [-0.05, 0) is 40.7 Å². The molecule has 1 heterocycles. The monoisotopic (exact) mass is 439 g/mol. The number of ether oxygens (including phenoxy) is 2. The Morgan fingerprint density at radius 1 is 0.818 bits per heavy atom. The maximum Gasteiger partial charge on any atom is 0.193 e. The summed E-state index contributed by atoms with van der Waals surface area (Å²) in [5, 5.41) is 1.02. The fourth-order valence-corrected chi connectivity index (χ4v) is 3.97. The summed E-state index contributed by atoms with van der Waals surface area (Å²) in [6.07, 6.45) is 2.53. The minimum atomic E-state index is 0.0354. The summed E-state index contributed by atoms with van der Waals surface area (Å²) < 4.78 is 10.9. The summed E-state index contributed by atoms with van der Waals surface area (Å²) in [7, 11) is 3.25. The number of carbonyl (C=O) groups excluding carboxylic acids is 1. The van der Waals surface area contributed by atoms with Gasteiger partial charge in [-0.1, -0.05) is 69.3 Å². The normalized spacial score (nSPS) is 11.4. The van der Waals surface area contributed by atoms with Crippen LogP contribution in [0.15, 0.2) is 72.9 Å². The van der Waals surface area contributed by atoms with E-state index in [1.165, 1.54) is 5.56 Å². The van der Waals surface area contributed by atoms with Crippen molar-refractivity contribution in [3.05, 3.63) is 101 Å². The molecule has 168 valence electrons. The number of benzene rings is 3. The van der Waals surface area contributed by atoms with Crippen LogP contribution in [0.2, 0.25) is 0 Å². The third-order valence-corrected chi connectivity index (χ3v) is 5.96. The van der Waals surface area contributed by atoms with Crippen molar-refractivity contribution in [1.82, 2.24) is 4.98 Å². The van der Waals surface area contributed by atoms with E-state index in [0.717, 1.165) is 28.5 Å². The zero-order valence-electron chi connectivity index (χ0n) is 19.8. The number of aromatic nitrogens is 1.